The molecule has 1 amide bonds. The van der Waals surface area contributed by atoms with Crippen LogP contribution < -0.4 is 11.1 Å². The molecule has 6 nitrogen and oxygen atoms in total. The summed E-state index contributed by atoms with van der Waals surface area (Å²) in [5.74, 6) is -0.665. The summed E-state index contributed by atoms with van der Waals surface area (Å²) in [5, 5.41) is 2.80. The molecule has 0 aliphatic rings. The molecule has 0 aromatic heterocycles. The Labute approximate surface area is 130 Å². The molecule has 0 bridgehead atoms. The summed E-state index contributed by atoms with van der Waals surface area (Å²) >= 11 is 5.99. The van der Waals surface area contributed by atoms with Crippen LogP contribution in [0.5, 0.6) is 0 Å². The van der Waals surface area contributed by atoms with E-state index in [2.05, 4.69) is 5.32 Å². The number of halogens is 1. The SMILES string of the molecule is CNC(=O)C(C)CN(C)S(=O)(=O)c1ccc(CN)c(Cl)c1. The van der Waals surface area contributed by atoms with Crippen LogP contribution in [0.1, 0.15) is 12.5 Å². The molecule has 118 valence electrons. The molecule has 0 heterocycles. The normalized spacial score (nSPS) is 13.2. The molecule has 1 rings (SSSR count). The van der Waals surface area contributed by atoms with E-state index in [1.165, 1.54) is 26.2 Å². The van der Waals surface area contributed by atoms with Crippen LogP contribution in [0.4, 0.5) is 0 Å². The zero-order valence-electron chi connectivity index (χ0n) is 12.3. The van der Waals surface area contributed by atoms with E-state index in [9.17, 15) is 13.2 Å². The third-order valence-corrected chi connectivity index (χ3v) is 5.35. The van der Waals surface area contributed by atoms with Crippen molar-refractivity contribution in [3.05, 3.63) is 28.8 Å². The van der Waals surface area contributed by atoms with Crippen LogP contribution in [-0.4, -0.2) is 39.3 Å². The molecular weight excluding hydrogens is 314 g/mol. The van der Waals surface area contributed by atoms with Gasteiger partial charge in [-0.3, -0.25) is 4.79 Å². The van der Waals surface area contributed by atoms with Crippen LogP contribution in [0.2, 0.25) is 5.02 Å². The minimum atomic E-state index is -3.70. The van der Waals surface area contributed by atoms with Gasteiger partial charge in [0.25, 0.3) is 0 Å². The summed E-state index contributed by atoms with van der Waals surface area (Å²) in [4.78, 5) is 11.6. The average Bonchev–Trinajstić information content (AvgIpc) is 2.45. The molecule has 1 aromatic rings. The molecule has 1 aromatic carbocycles. The fraction of sp³-hybridized carbons (Fsp3) is 0.462. The molecule has 0 saturated heterocycles. The lowest BCUT2D eigenvalue weighted by atomic mass is 10.2. The maximum Gasteiger partial charge on any atom is 0.242 e. The number of carbonyl (C=O) groups is 1. The molecule has 1 unspecified atom stereocenters. The van der Waals surface area contributed by atoms with Crippen molar-refractivity contribution < 1.29 is 13.2 Å². The fourth-order valence-corrected chi connectivity index (χ4v) is 3.46. The molecule has 0 radical (unpaired) electrons. The zero-order valence-corrected chi connectivity index (χ0v) is 13.8. The second-order valence-corrected chi connectivity index (χ2v) is 7.21. The highest BCUT2D eigenvalue weighted by atomic mass is 35.5. The van der Waals surface area contributed by atoms with Gasteiger partial charge in [-0.15, -0.1) is 0 Å². The topological polar surface area (TPSA) is 92.5 Å². The number of hydrogen-bond donors (Lipinski definition) is 2. The Hall–Kier alpha value is -1.15. The van der Waals surface area contributed by atoms with Gasteiger partial charge in [0.2, 0.25) is 15.9 Å². The van der Waals surface area contributed by atoms with E-state index in [-0.39, 0.29) is 23.9 Å². The Bertz CT molecular complexity index is 619. The smallest absolute Gasteiger partial charge is 0.242 e. The van der Waals surface area contributed by atoms with Crippen molar-refractivity contribution in [2.75, 3.05) is 20.6 Å². The van der Waals surface area contributed by atoms with Gasteiger partial charge < -0.3 is 11.1 Å². The van der Waals surface area contributed by atoms with Gasteiger partial charge in [0, 0.05) is 38.1 Å². The Morgan fingerprint density at radius 1 is 1.48 bits per heavy atom. The molecule has 0 fully saturated rings. The molecule has 21 heavy (non-hydrogen) atoms. The Kier molecular flexibility index (Phi) is 6.15. The number of nitrogens with two attached hydrogens (primary N) is 1. The largest absolute Gasteiger partial charge is 0.359 e. The van der Waals surface area contributed by atoms with Crippen LogP contribution in [0, 0.1) is 5.92 Å². The van der Waals surface area contributed by atoms with Gasteiger partial charge in [-0.25, -0.2) is 12.7 Å². The summed E-state index contributed by atoms with van der Waals surface area (Å²) in [5.41, 5.74) is 6.17. The number of nitrogens with one attached hydrogen (secondary N) is 1. The molecule has 8 heteroatoms. The monoisotopic (exact) mass is 333 g/mol. The molecule has 3 N–H and O–H groups in total. The van der Waals surface area contributed by atoms with Crippen molar-refractivity contribution in [3.63, 3.8) is 0 Å². The number of sulfonamides is 1. The van der Waals surface area contributed by atoms with Crippen molar-refractivity contribution >= 4 is 27.5 Å². The summed E-state index contributed by atoms with van der Waals surface area (Å²) < 4.78 is 26.0. The van der Waals surface area contributed by atoms with E-state index in [0.717, 1.165) is 4.31 Å². The van der Waals surface area contributed by atoms with Gasteiger partial charge in [0.15, 0.2) is 0 Å². The van der Waals surface area contributed by atoms with E-state index in [1.54, 1.807) is 13.0 Å². The minimum absolute atomic E-state index is 0.0799. The molecule has 0 aliphatic carbocycles. The van der Waals surface area contributed by atoms with Crippen molar-refractivity contribution in [2.24, 2.45) is 11.7 Å². The van der Waals surface area contributed by atoms with Gasteiger partial charge in [0.1, 0.15) is 0 Å². The summed E-state index contributed by atoms with van der Waals surface area (Å²) in [6.07, 6.45) is 0. The maximum atomic E-state index is 12.4. The highest BCUT2D eigenvalue weighted by Crippen LogP contribution is 2.23. The summed E-state index contributed by atoms with van der Waals surface area (Å²) in [6.45, 7) is 1.98. The lowest BCUT2D eigenvalue weighted by Gasteiger charge is -2.20. The van der Waals surface area contributed by atoms with Crippen molar-refractivity contribution in [1.29, 1.82) is 0 Å². The van der Waals surface area contributed by atoms with E-state index < -0.39 is 15.9 Å². The second kappa shape index (κ2) is 7.22. The van der Waals surface area contributed by atoms with Gasteiger partial charge in [-0.05, 0) is 17.7 Å². The highest BCUT2D eigenvalue weighted by Gasteiger charge is 2.25. The predicted octanol–water partition coefficient (Wildman–Crippen LogP) is 0.801. The third-order valence-electron chi connectivity index (χ3n) is 3.18. The van der Waals surface area contributed by atoms with E-state index in [4.69, 9.17) is 17.3 Å². The van der Waals surface area contributed by atoms with Crippen molar-refractivity contribution in [2.45, 2.75) is 18.4 Å². The number of benzene rings is 1. The fourth-order valence-electron chi connectivity index (χ4n) is 1.85. The highest BCUT2D eigenvalue weighted by molar-refractivity contribution is 7.89. The number of hydrogen-bond acceptors (Lipinski definition) is 4. The number of nitrogens with zero attached hydrogens (tertiary/aromatic N) is 1. The Morgan fingerprint density at radius 3 is 2.57 bits per heavy atom. The lowest BCUT2D eigenvalue weighted by Crippen LogP contribution is -2.37. The first kappa shape index (κ1) is 17.9. The molecule has 0 aliphatic heterocycles. The van der Waals surface area contributed by atoms with Gasteiger partial charge in [-0.2, -0.15) is 0 Å². The zero-order chi connectivity index (χ0) is 16.2. The van der Waals surface area contributed by atoms with Crippen LogP contribution in [0.3, 0.4) is 0 Å². The lowest BCUT2D eigenvalue weighted by molar-refractivity contribution is -0.124. The van der Waals surface area contributed by atoms with Crippen molar-refractivity contribution in [1.82, 2.24) is 9.62 Å². The Balaban J connectivity index is 2.99. The standard InChI is InChI=1S/C13H20ClN3O3S/c1-9(13(18)16-2)8-17(3)21(19,20)11-5-4-10(7-15)12(14)6-11/h4-6,9H,7-8,15H2,1-3H3,(H,16,18). The molecule has 1 atom stereocenters. The van der Waals surface area contributed by atoms with Gasteiger partial charge >= 0.3 is 0 Å². The van der Waals surface area contributed by atoms with Gasteiger partial charge in [0.05, 0.1) is 4.90 Å². The van der Waals surface area contributed by atoms with Crippen LogP contribution in [0.15, 0.2) is 23.1 Å². The van der Waals surface area contributed by atoms with Gasteiger partial charge in [-0.1, -0.05) is 24.6 Å². The van der Waals surface area contributed by atoms with Crippen molar-refractivity contribution in [3.8, 4) is 0 Å². The molecular formula is C13H20ClN3O3S. The van der Waals surface area contributed by atoms with E-state index in [1.807, 2.05) is 0 Å². The minimum Gasteiger partial charge on any atom is -0.359 e. The second-order valence-electron chi connectivity index (χ2n) is 4.76. The number of amides is 1. The quantitative estimate of drug-likeness (QED) is 0.805. The Morgan fingerprint density at radius 2 is 2.10 bits per heavy atom. The maximum absolute atomic E-state index is 12.4. The summed E-state index contributed by atoms with van der Waals surface area (Å²) in [7, 11) is -0.753. The van der Waals surface area contributed by atoms with Crippen LogP contribution in [-0.2, 0) is 21.4 Å². The predicted molar refractivity (Wildman–Crippen MR) is 82.4 cm³/mol. The van der Waals surface area contributed by atoms with Crippen LogP contribution >= 0.6 is 11.6 Å². The first-order valence-electron chi connectivity index (χ1n) is 6.40. The third kappa shape index (κ3) is 4.16. The van der Waals surface area contributed by atoms with E-state index >= 15 is 0 Å². The van der Waals surface area contributed by atoms with E-state index in [0.29, 0.717) is 10.6 Å². The number of rotatable bonds is 6. The molecule has 0 spiro atoms. The van der Waals surface area contributed by atoms with Crippen LogP contribution in [0.25, 0.3) is 0 Å². The first-order valence-corrected chi connectivity index (χ1v) is 8.22. The number of carbonyl (C=O) groups excluding carboxylic acids is 1. The average molecular weight is 334 g/mol. The first-order chi connectivity index (χ1) is 9.73. The summed E-state index contributed by atoms with van der Waals surface area (Å²) in [6, 6.07) is 4.43. The molecule has 0 saturated carbocycles.